The molecule has 3 N–H and O–H groups in total. The molecular weight excluding hydrogens is 156 g/mol. The third kappa shape index (κ3) is 3.29. The van der Waals surface area contributed by atoms with E-state index in [1.807, 2.05) is 0 Å². The minimum Gasteiger partial charge on any atom is -0.368 e. The summed E-state index contributed by atoms with van der Waals surface area (Å²) in [5.74, 6) is -1.12. The van der Waals surface area contributed by atoms with Gasteiger partial charge in [-0.25, -0.2) is 0 Å². The summed E-state index contributed by atoms with van der Waals surface area (Å²) in [6.07, 6.45) is 0. The summed E-state index contributed by atoms with van der Waals surface area (Å²) >= 11 is 5.14. The van der Waals surface area contributed by atoms with Crippen molar-refractivity contribution in [3.63, 3.8) is 0 Å². The molecule has 0 fully saturated rings. The van der Waals surface area contributed by atoms with Gasteiger partial charge in [0.25, 0.3) is 0 Å². The van der Waals surface area contributed by atoms with Gasteiger partial charge in [0, 0.05) is 0 Å². The summed E-state index contributed by atoms with van der Waals surface area (Å²) in [6, 6.07) is -0.647. The van der Waals surface area contributed by atoms with Crippen LogP contribution in [0.5, 0.6) is 0 Å². The van der Waals surface area contributed by atoms with Crippen molar-refractivity contribution in [3.05, 3.63) is 0 Å². The van der Waals surface area contributed by atoms with E-state index in [0.717, 1.165) is 0 Å². The first-order valence-electron chi connectivity index (χ1n) is 2.72. The molecule has 0 bridgehead atoms. The molecule has 1 atom stereocenters. The van der Waals surface area contributed by atoms with Crippen molar-refractivity contribution in [1.29, 1.82) is 0 Å². The maximum atomic E-state index is 10.5. The van der Waals surface area contributed by atoms with Crippen molar-refractivity contribution in [2.24, 2.45) is 5.73 Å². The van der Waals surface area contributed by atoms with Crippen LogP contribution in [-0.4, -0.2) is 23.7 Å². The Balaban J connectivity index is 3.68. The molecule has 0 aromatic rings. The van der Waals surface area contributed by atoms with Crippen molar-refractivity contribution in [2.45, 2.75) is 13.0 Å². The van der Waals surface area contributed by atoms with Crippen molar-refractivity contribution >= 4 is 23.4 Å². The number of amides is 2. The van der Waals surface area contributed by atoms with Gasteiger partial charge in [-0.1, -0.05) is 0 Å². The number of halogens is 1. The van der Waals surface area contributed by atoms with E-state index in [-0.39, 0.29) is 5.88 Å². The van der Waals surface area contributed by atoms with E-state index in [1.165, 1.54) is 6.92 Å². The van der Waals surface area contributed by atoms with Gasteiger partial charge in [-0.2, -0.15) is 0 Å². The molecule has 2 amide bonds. The van der Waals surface area contributed by atoms with E-state index in [0.29, 0.717) is 0 Å². The smallest absolute Gasteiger partial charge is 0.239 e. The van der Waals surface area contributed by atoms with Crippen LogP contribution in [0.3, 0.4) is 0 Å². The molecule has 0 aliphatic heterocycles. The molecule has 0 heterocycles. The topological polar surface area (TPSA) is 72.2 Å². The lowest BCUT2D eigenvalue weighted by Crippen LogP contribution is -2.42. The number of nitrogens with one attached hydrogen (secondary N) is 1. The van der Waals surface area contributed by atoms with Gasteiger partial charge in [0.1, 0.15) is 11.9 Å². The van der Waals surface area contributed by atoms with Gasteiger partial charge < -0.3 is 11.1 Å². The molecule has 58 valence electrons. The van der Waals surface area contributed by atoms with Gasteiger partial charge in [-0.05, 0) is 6.92 Å². The number of rotatable bonds is 3. The molecule has 5 heteroatoms. The van der Waals surface area contributed by atoms with Crippen LogP contribution < -0.4 is 11.1 Å². The molecule has 4 nitrogen and oxygen atoms in total. The van der Waals surface area contributed by atoms with Crippen LogP contribution in [0.2, 0.25) is 0 Å². The zero-order valence-electron chi connectivity index (χ0n) is 5.56. The molecule has 0 spiro atoms. The second-order valence-electron chi connectivity index (χ2n) is 1.83. The van der Waals surface area contributed by atoms with Gasteiger partial charge in [0.15, 0.2) is 0 Å². The van der Waals surface area contributed by atoms with Crippen molar-refractivity contribution < 1.29 is 9.59 Å². The highest BCUT2D eigenvalue weighted by Gasteiger charge is 2.09. The maximum Gasteiger partial charge on any atom is 0.239 e. The molecule has 0 aliphatic carbocycles. The Kier molecular flexibility index (Phi) is 3.79. The molecule has 0 radical (unpaired) electrons. The molecular formula is C5H9ClN2O2. The summed E-state index contributed by atoms with van der Waals surface area (Å²) in [4.78, 5) is 20.8. The van der Waals surface area contributed by atoms with E-state index < -0.39 is 17.9 Å². The average molecular weight is 165 g/mol. The Labute approximate surface area is 63.7 Å². The summed E-state index contributed by atoms with van der Waals surface area (Å²) < 4.78 is 0. The molecule has 0 aromatic carbocycles. The predicted octanol–water partition coefficient (Wildman–Crippen LogP) is -0.785. The van der Waals surface area contributed by atoms with Crippen LogP contribution in [-0.2, 0) is 9.59 Å². The van der Waals surface area contributed by atoms with Crippen LogP contribution in [0, 0.1) is 0 Å². The second-order valence-corrected chi connectivity index (χ2v) is 2.09. The fourth-order valence-corrected chi connectivity index (χ4v) is 0.428. The molecule has 0 aromatic heterocycles. The van der Waals surface area contributed by atoms with E-state index in [1.54, 1.807) is 0 Å². The highest BCUT2D eigenvalue weighted by Crippen LogP contribution is 1.80. The largest absolute Gasteiger partial charge is 0.368 e. The van der Waals surface area contributed by atoms with E-state index in [9.17, 15) is 9.59 Å². The molecule has 0 saturated heterocycles. The minimum absolute atomic E-state index is 0.155. The first kappa shape index (κ1) is 9.23. The zero-order valence-corrected chi connectivity index (χ0v) is 6.31. The monoisotopic (exact) mass is 164 g/mol. The van der Waals surface area contributed by atoms with E-state index in [2.05, 4.69) is 5.32 Å². The molecule has 0 aliphatic rings. The van der Waals surface area contributed by atoms with Crippen LogP contribution in [0.15, 0.2) is 0 Å². The number of alkyl halides is 1. The normalized spacial score (nSPS) is 12.2. The second kappa shape index (κ2) is 4.11. The Morgan fingerprint density at radius 3 is 2.50 bits per heavy atom. The minimum atomic E-state index is -0.647. The Bertz CT molecular complexity index is 149. The first-order valence-corrected chi connectivity index (χ1v) is 3.26. The Morgan fingerprint density at radius 1 is 1.70 bits per heavy atom. The van der Waals surface area contributed by atoms with Crippen LogP contribution in [0.1, 0.15) is 6.92 Å². The number of carbonyl (C=O) groups excluding carboxylic acids is 2. The highest BCUT2D eigenvalue weighted by atomic mass is 35.5. The third-order valence-electron chi connectivity index (χ3n) is 0.926. The fraction of sp³-hybridized carbons (Fsp3) is 0.600. The molecule has 0 saturated carbocycles. The number of hydrogen-bond donors (Lipinski definition) is 2. The van der Waals surface area contributed by atoms with Gasteiger partial charge >= 0.3 is 0 Å². The van der Waals surface area contributed by atoms with Crippen LogP contribution in [0.25, 0.3) is 0 Å². The van der Waals surface area contributed by atoms with Crippen LogP contribution in [0.4, 0.5) is 0 Å². The van der Waals surface area contributed by atoms with Gasteiger partial charge in [0.2, 0.25) is 11.8 Å². The lowest BCUT2D eigenvalue weighted by Gasteiger charge is -2.07. The molecule has 1 unspecified atom stereocenters. The highest BCUT2D eigenvalue weighted by molar-refractivity contribution is 6.27. The zero-order chi connectivity index (χ0) is 8.15. The molecule has 0 rings (SSSR count). The molecule has 10 heavy (non-hydrogen) atoms. The van der Waals surface area contributed by atoms with Crippen molar-refractivity contribution in [1.82, 2.24) is 5.32 Å². The predicted molar refractivity (Wildman–Crippen MR) is 37.5 cm³/mol. The number of nitrogens with two attached hydrogens (primary N) is 1. The fourth-order valence-electron chi connectivity index (χ4n) is 0.351. The summed E-state index contributed by atoms with van der Waals surface area (Å²) in [7, 11) is 0. The van der Waals surface area contributed by atoms with E-state index in [4.69, 9.17) is 17.3 Å². The Morgan fingerprint density at radius 2 is 2.20 bits per heavy atom. The van der Waals surface area contributed by atoms with Crippen LogP contribution >= 0.6 is 11.6 Å². The van der Waals surface area contributed by atoms with Gasteiger partial charge in [-0.15, -0.1) is 11.6 Å². The summed E-state index contributed by atoms with van der Waals surface area (Å²) in [6.45, 7) is 1.49. The summed E-state index contributed by atoms with van der Waals surface area (Å²) in [5, 5.41) is 2.28. The average Bonchev–Trinajstić information content (AvgIpc) is 1.87. The lowest BCUT2D eigenvalue weighted by atomic mass is 10.3. The quantitative estimate of drug-likeness (QED) is 0.537. The summed E-state index contributed by atoms with van der Waals surface area (Å²) in [5.41, 5.74) is 4.84. The number of primary amides is 1. The van der Waals surface area contributed by atoms with Crippen molar-refractivity contribution in [3.8, 4) is 0 Å². The van der Waals surface area contributed by atoms with Gasteiger partial charge in [-0.3, -0.25) is 9.59 Å². The SMILES string of the molecule is CC(NC(=O)CCl)C(N)=O. The standard InChI is InChI=1S/C5H9ClN2O2/c1-3(5(7)10)8-4(9)2-6/h3H,2H2,1H3,(H2,7,10)(H,8,9). The Hall–Kier alpha value is -0.770. The maximum absolute atomic E-state index is 10.5. The third-order valence-corrected chi connectivity index (χ3v) is 1.17. The van der Waals surface area contributed by atoms with E-state index >= 15 is 0 Å². The van der Waals surface area contributed by atoms with Crippen molar-refractivity contribution in [2.75, 3.05) is 5.88 Å². The number of hydrogen-bond acceptors (Lipinski definition) is 2. The first-order chi connectivity index (χ1) is 4.57. The number of carbonyl (C=O) groups is 2. The lowest BCUT2D eigenvalue weighted by molar-refractivity contribution is -0.125. The van der Waals surface area contributed by atoms with Gasteiger partial charge in [0.05, 0.1) is 0 Å².